The van der Waals surface area contributed by atoms with Gasteiger partial charge in [-0.2, -0.15) is 0 Å². The molecule has 2 aromatic carbocycles. The van der Waals surface area contributed by atoms with Gasteiger partial charge in [0.2, 0.25) is 0 Å². The van der Waals surface area contributed by atoms with Gasteiger partial charge in [-0.3, -0.25) is 4.79 Å². The molecule has 0 aliphatic heterocycles. The number of carbonyl (C=O) groups excluding carboxylic acids is 1. The Kier molecular flexibility index (Phi) is 7.14. The predicted molar refractivity (Wildman–Crippen MR) is 97.4 cm³/mol. The van der Waals surface area contributed by atoms with Crippen molar-refractivity contribution in [3.05, 3.63) is 54.1 Å². The zero-order chi connectivity index (χ0) is 18.1. The number of hydrogen-bond donors (Lipinski definition) is 1. The van der Waals surface area contributed by atoms with Crippen LogP contribution in [0.3, 0.4) is 0 Å². The van der Waals surface area contributed by atoms with Gasteiger partial charge >= 0.3 is 0 Å². The average Bonchev–Trinajstić information content (AvgIpc) is 2.65. The van der Waals surface area contributed by atoms with Gasteiger partial charge in [-0.1, -0.05) is 30.3 Å². The fraction of sp³-hybridized carbons (Fsp3) is 0.350. The monoisotopic (exact) mass is 343 g/mol. The van der Waals surface area contributed by atoms with Crippen LogP contribution in [0, 0.1) is 0 Å². The molecule has 1 atom stereocenters. The zero-order valence-electron chi connectivity index (χ0n) is 15.0. The molecular weight excluding hydrogens is 318 g/mol. The highest BCUT2D eigenvalue weighted by Gasteiger charge is 2.10. The molecule has 2 aromatic rings. The molecule has 1 N–H and O–H groups in total. The lowest BCUT2D eigenvalue weighted by Gasteiger charge is -2.15. The number of carbonyl (C=O) groups is 1. The summed E-state index contributed by atoms with van der Waals surface area (Å²) in [5.74, 6) is 1.61. The first-order valence-electron chi connectivity index (χ1n) is 8.30. The maximum absolute atomic E-state index is 12.0. The molecule has 0 spiro atoms. The van der Waals surface area contributed by atoms with Crippen molar-refractivity contribution in [3.63, 3.8) is 0 Å². The largest absolute Gasteiger partial charge is 0.496 e. The normalized spacial score (nSPS) is 11.5. The lowest BCUT2D eigenvalue weighted by atomic mass is 10.1. The van der Waals surface area contributed by atoms with E-state index >= 15 is 0 Å². The third-order valence-corrected chi connectivity index (χ3v) is 3.81. The molecule has 0 heterocycles. The van der Waals surface area contributed by atoms with E-state index < -0.39 is 0 Å². The topological polar surface area (TPSA) is 56.8 Å². The van der Waals surface area contributed by atoms with Gasteiger partial charge in [0.25, 0.3) is 5.91 Å². The van der Waals surface area contributed by atoms with Crippen molar-refractivity contribution in [3.8, 4) is 17.2 Å². The number of hydrogen-bond acceptors (Lipinski definition) is 4. The smallest absolute Gasteiger partial charge is 0.258 e. The van der Waals surface area contributed by atoms with E-state index in [2.05, 4.69) is 17.4 Å². The first-order valence-corrected chi connectivity index (χ1v) is 8.30. The zero-order valence-corrected chi connectivity index (χ0v) is 15.0. The molecular formula is C20H25NO4. The first-order chi connectivity index (χ1) is 12.1. The summed E-state index contributed by atoms with van der Waals surface area (Å²) in [5, 5.41) is 2.95. The first kappa shape index (κ1) is 18.6. The van der Waals surface area contributed by atoms with E-state index in [1.54, 1.807) is 32.4 Å². The van der Waals surface area contributed by atoms with E-state index in [9.17, 15) is 4.79 Å². The lowest BCUT2D eigenvalue weighted by molar-refractivity contribution is -0.123. The van der Waals surface area contributed by atoms with Gasteiger partial charge < -0.3 is 19.5 Å². The van der Waals surface area contributed by atoms with Gasteiger partial charge in [-0.25, -0.2) is 0 Å². The average molecular weight is 343 g/mol. The molecule has 0 aliphatic rings. The SMILES string of the molecule is COc1cc(OC)cc(OCC(=O)N[C@H](C)CCc2ccccc2)c1. The van der Waals surface area contributed by atoms with Gasteiger partial charge in [0.05, 0.1) is 14.2 Å². The van der Waals surface area contributed by atoms with Gasteiger partial charge in [-0.05, 0) is 25.3 Å². The molecule has 0 saturated carbocycles. The summed E-state index contributed by atoms with van der Waals surface area (Å²) >= 11 is 0. The highest BCUT2D eigenvalue weighted by atomic mass is 16.5. The van der Waals surface area contributed by atoms with Crippen molar-refractivity contribution in [2.24, 2.45) is 0 Å². The van der Waals surface area contributed by atoms with Gasteiger partial charge in [-0.15, -0.1) is 0 Å². The third kappa shape index (κ3) is 6.37. The van der Waals surface area contributed by atoms with Gasteiger partial charge in [0, 0.05) is 24.2 Å². The molecule has 0 unspecified atom stereocenters. The van der Waals surface area contributed by atoms with Crippen molar-refractivity contribution in [1.82, 2.24) is 5.32 Å². The van der Waals surface area contributed by atoms with Crippen LogP contribution in [0.4, 0.5) is 0 Å². The van der Waals surface area contributed by atoms with E-state index in [1.807, 2.05) is 25.1 Å². The molecule has 0 fully saturated rings. The Hall–Kier alpha value is -2.69. The summed E-state index contributed by atoms with van der Waals surface area (Å²) in [6.07, 6.45) is 1.80. The van der Waals surface area contributed by atoms with Crippen LogP contribution < -0.4 is 19.5 Å². The maximum Gasteiger partial charge on any atom is 0.258 e. The molecule has 0 aliphatic carbocycles. The minimum atomic E-state index is -0.151. The fourth-order valence-electron chi connectivity index (χ4n) is 2.43. The second-order valence-corrected chi connectivity index (χ2v) is 5.83. The Balaban J connectivity index is 1.78. The van der Waals surface area contributed by atoms with Crippen LogP contribution >= 0.6 is 0 Å². The summed E-state index contributed by atoms with van der Waals surface area (Å²) in [6.45, 7) is 1.95. The summed E-state index contributed by atoms with van der Waals surface area (Å²) in [5.41, 5.74) is 1.27. The number of nitrogens with one attached hydrogen (secondary N) is 1. The predicted octanol–water partition coefficient (Wildman–Crippen LogP) is 3.22. The van der Waals surface area contributed by atoms with E-state index in [0.29, 0.717) is 17.2 Å². The minimum absolute atomic E-state index is 0.0496. The Labute approximate surface area is 148 Å². The van der Waals surface area contributed by atoms with E-state index in [0.717, 1.165) is 12.8 Å². The van der Waals surface area contributed by atoms with Crippen LogP contribution in [-0.4, -0.2) is 32.8 Å². The molecule has 0 saturated heterocycles. The van der Waals surface area contributed by atoms with E-state index in [4.69, 9.17) is 14.2 Å². The van der Waals surface area contributed by atoms with Crippen LogP contribution in [0.25, 0.3) is 0 Å². The van der Waals surface area contributed by atoms with Crippen LogP contribution in [0.2, 0.25) is 0 Å². The Bertz CT molecular complexity index is 650. The standard InChI is InChI=1S/C20H25NO4/c1-15(9-10-16-7-5-4-6-8-16)21-20(22)14-25-19-12-17(23-2)11-18(13-19)24-3/h4-8,11-13,15H,9-10,14H2,1-3H3,(H,21,22)/t15-/m1/s1. The Morgan fingerprint density at radius 1 is 1.00 bits per heavy atom. The second-order valence-electron chi connectivity index (χ2n) is 5.83. The number of methoxy groups -OCH3 is 2. The Morgan fingerprint density at radius 3 is 2.20 bits per heavy atom. The maximum atomic E-state index is 12.0. The number of benzene rings is 2. The highest BCUT2D eigenvalue weighted by molar-refractivity contribution is 5.77. The van der Waals surface area contributed by atoms with Crippen LogP contribution in [0.15, 0.2) is 48.5 Å². The van der Waals surface area contributed by atoms with Crippen molar-refractivity contribution < 1.29 is 19.0 Å². The molecule has 25 heavy (non-hydrogen) atoms. The van der Waals surface area contributed by atoms with Crippen molar-refractivity contribution in [2.45, 2.75) is 25.8 Å². The highest BCUT2D eigenvalue weighted by Crippen LogP contribution is 2.27. The summed E-state index contributed by atoms with van der Waals surface area (Å²) in [7, 11) is 3.14. The molecule has 0 radical (unpaired) electrons. The fourth-order valence-corrected chi connectivity index (χ4v) is 2.43. The van der Waals surface area contributed by atoms with Crippen molar-refractivity contribution in [2.75, 3.05) is 20.8 Å². The Morgan fingerprint density at radius 2 is 1.60 bits per heavy atom. The summed E-state index contributed by atoms with van der Waals surface area (Å²) in [4.78, 5) is 12.0. The number of rotatable bonds is 9. The van der Waals surface area contributed by atoms with Crippen molar-refractivity contribution >= 4 is 5.91 Å². The minimum Gasteiger partial charge on any atom is -0.496 e. The number of amides is 1. The van der Waals surface area contributed by atoms with Crippen LogP contribution in [-0.2, 0) is 11.2 Å². The van der Waals surface area contributed by atoms with E-state index in [-0.39, 0.29) is 18.6 Å². The molecule has 134 valence electrons. The molecule has 1 amide bonds. The quantitative estimate of drug-likeness (QED) is 0.759. The van der Waals surface area contributed by atoms with Gasteiger partial charge in [0.15, 0.2) is 6.61 Å². The second kappa shape index (κ2) is 9.57. The van der Waals surface area contributed by atoms with E-state index in [1.165, 1.54) is 5.56 Å². The van der Waals surface area contributed by atoms with Crippen LogP contribution in [0.1, 0.15) is 18.9 Å². The summed E-state index contributed by atoms with van der Waals surface area (Å²) < 4.78 is 15.9. The van der Waals surface area contributed by atoms with Crippen LogP contribution in [0.5, 0.6) is 17.2 Å². The number of aryl methyl sites for hydroxylation is 1. The molecule has 5 nitrogen and oxygen atoms in total. The molecule has 2 rings (SSSR count). The lowest BCUT2D eigenvalue weighted by Crippen LogP contribution is -2.36. The van der Waals surface area contributed by atoms with Crippen molar-refractivity contribution in [1.29, 1.82) is 0 Å². The molecule has 0 bridgehead atoms. The number of ether oxygens (including phenoxy) is 3. The molecule has 0 aromatic heterocycles. The third-order valence-electron chi connectivity index (χ3n) is 3.81. The molecule has 5 heteroatoms. The summed E-state index contributed by atoms with van der Waals surface area (Å²) in [6, 6.07) is 15.5. The van der Waals surface area contributed by atoms with Gasteiger partial charge in [0.1, 0.15) is 17.2 Å².